The van der Waals surface area contributed by atoms with Gasteiger partial charge in [-0.3, -0.25) is 4.79 Å². The largest absolute Gasteiger partial charge is 0.495 e. The Balaban J connectivity index is 2.36. The van der Waals surface area contributed by atoms with Crippen molar-refractivity contribution in [3.8, 4) is 5.75 Å². The maximum absolute atomic E-state index is 11.6. The zero-order valence-corrected chi connectivity index (χ0v) is 15.8. The number of carbonyl (C=O) groups excluding carboxylic acids is 1. The molecule has 24 heavy (non-hydrogen) atoms. The van der Waals surface area contributed by atoms with Crippen LogP contribution in [0.2, 0.25) is 0 Å². The normalized spacial score (nSPS) is 12.0. The highest BCUT2D eigenvalue weighted by atomic mass is 16.5. The molecule has 0 aliphatic heterocycles. The van der Waals surface area contributed by atoms with Gasteiger partial charge in [0.1, 0.15) is 11.5 Å². The summed E-state index contributed by atoms with van der Waals surface area (Å²) < 4.78 is 5.39. The van der Waals surface area contributed by atoms with Crippen LogP contribution in [0, 0.1) is 0 Å². The molecule has 1 N–H and O–H groups in total. The second-order valence-electron chi connectivity index (χ2n) is 6.71. The second kappa shape index (κ2) is 12.9. The molecule has 136 valence electrons. The van der Waals surface area contributed by atoms with E-state index in [9.17, 15) is 4.79 Å². The summed E-state index contributed by atoms with van der Waals surface area (Å²) in [7, 11) is 1.68. The third-order valence-corrected chi connectivity index (χ3v) is 4.41. The van der Waals surface area contributed by atoms with Crippen molar-refractivity contribution < 1.29 is 9.53 Å². The number of anilines is 1. The van der Waals surface area contributed by atoms with Crippen LogP contribution in [0.15, 0.2) is 24.3 Å². The number of hydrogen-bond acceptors (Lipinski definition) is 3. The van der Waals surface area contributed by atoms with Gasteiger partial charge in [-0.1, -0.05) is 70.4 Å². The number of carbonyl (C=O) groups is 1. The summed E-state index contributed by atoms with van der Waals surface area (Å²) in [5, 5.41) is 3.50. The minimum absolute atomic E-state index is 0.193. The van der Waals surface area contributed by atoms with E-state index in [1.54, 1.807) is 14.0 Å². The van der Waals surface area contributed by atoms with E-state index in [-0.39, 0.29) is 11.8 Å². The molecule has 0 aromatic heterocycles. The number of benzene rings is 1. The number of rotatable bonds is 14. The Kier molecular flexibility index (Phi) is 11.0. The van der Waals surface area contributed by atoms with Gasteiger partial charge in [0.2, 0.25) is 0 Å². The third-order valence-electron chi connectivity index (χ3n) is 4.41. The highest BCUT2D eigenvalue weighted by Gasteiger charge is 2.13. The van der Waals surface area contributed by atoms with Gasteiger partial charge >= 0.3 is 0 Å². The number of hydrogen-bond donors (Lipinski definition) is 1. The molecule has 0 fully saturated rings. The number of ketones is 1. The first kappa shape index (κ1) is 20.5. The summed E-state index contributed by atoms with van der Waals surface area (Å²) >= 11 is 0. The first-order valence-electron chi connectivity index (χ1n) is 9.56. The predicted molar refractivity (Wildman–Crippen MR) is 103 cm³/mol. The van der Waals surface area contributed by atoms with E-state index in [2.05, 4.69) is 12.2 Å². The number of ether oxygens (including phenoxy) is 1. The number of para-hydroxylation sites is 2. The quantitative estimate of drug-likeness (QED) is 0.425. The lowest BCUT2D eigenvalue weighted by Crippen LogP contribution is -2.22. The maximum atomic E-state index is 11.6. The highest BCUT2D eigenvalue weighted by molar-refractivity contribution is 5.76. The van der Waals surface area contributed by atoms with Crippen LogP contribution in [0.4, 0.5) is 5.69 Å². The van der Waals surface area contributed by atoms with Gasteiger partial charge in [0.05, 0.1) is 12.8 Å². The van der Waals surface area contributed by atoms with E-state index in [0.29, 0.717) is 6.42 Å². The molecule has 0 aliphatic carbocycles. The molecule has 0 heterocycles. The van der Waals surface area contributed by atoms with Crippen LogP contribution in [-0.2, 0) is 4.79 Å². The summed E-state index contributed by atoms with van der Waals surface area (Å²) in [4.78, 5) is 11.6. The topological polar surface area (TPSA) is 38.3 Å². The zero-order valence-electron chi connectivity index (χ0n) is 15.8. The van der Waals surface area contributed by atoms with Crippen molar-refractivity contribution in [3.05, 3.63) is 24.3 Å². The van der Waals surface area contributed by atoms with Crippen LogP contribution in [0.5, 0.6) is 5.75 Å². The first-order chi connectivity index (χ1) is 11.7. The lowest BCUT2D eigenvalue weighted by molar-refractivity contribution is -0.117. The molecule has 1 rings (SSSR count). The molecule has 0 bridgehead atoms. The van der Waals surface area contributed by atoms with Gasteiger partial charge in [0.25, 0.3) is 0 Å². The lowest BCUT2D eigenvalue weighted by Gasteiger charge is -2.20. The summed E-state index contributed by atoms with van der Waals surface area (Å²) in [6.45, 7) is 3.93. The van der Waals surface area contributed by atoms with Crippen LogP contribution in [0.25, 0.3) is 0 Å². The van der Waals surface area contributed by atoms with E-state index in [1.807, 2.05) is 24.3 Å². The predicted octanol–water partition coefficient (Wildman–Crippen LogP) is 5.99. The van der Waals surface area contributed by atoms with Crippen molar-refractivity contribution in [2.24, 2.45) is 0 Å². The van der Waals surface area contributed by atoms with Crippen molar-refractivity contribution in [2.75, 3.05) is 12.4 Å². The number of Topliss-reactive ketones (excluding diaryl/α,β-unsaturated/α-hetero) is 1. The lowest BCUT2D eigenvalue weighted by atomic mass is 10.0. The molecule has 0 amide bonds. The van der Waals surface area contributed by atoms with E-state index < -0.39 is 0 Å². The van der Waals surface area contributed by atoms with E-state index in [4.69, 9.17) is 4.74 Å². The summed E-state index contributed by atoms with van der Waals surface area (Å²) in [5.74, 6) is 1.07. The highest BCUT2D eigenvalue weighted by Crippen LogP contribution is 2.25. The summed E-state index contributed by atoms with van der Waals surface area (Å²) in [6, 6.07) is 8.11. The van der Waals surface area contributed by atoms with Crippen molar-refractivity contribution in [3.63, 3.8) is 0 Å². The Bertz CT molecular complexity index is 459. The zero-order chi connectivity index (χ0) is 17.6. The van der Waals surface area contributed by atoms with Crippen molar-refractivity contribution >= 4 is 11.5 Å². The van der Waals surface area contributed by atoms with Crippen LogP contribution in [-0.4, -0.2) is 18.9 Å². The molecule has 0 radical (unpaired) electrons. The van der Waals surface area contributed by atoms with Gasteiger partial charge in [0.15, 0.2) is 0 Å². The summed E-state index contributed by atoms with van der Waals surface area (Å²) in [5.41, 5.74) is 0.978. The number of unbranched alkanes of at least 4 members (excludes halogenated alkanes) is 7. The van der Waals surface area contributed by atoms with E-state index in [0.717, 1.165) is 17.9 Å². The molecule has 0 spiro atoms. The standard InChI is InChI=1S/C21H35NO2/c1-4-5-6-7-8-9-10-11-14-19(17-18(2)23)22-20-15-12-13-16-21(20)24-3/h12-13,15-16,19,22H,4-11,14,17H2,1-3H3/t19-/m0/s1. The molecule has 0 aliphatic rings. The fraction of sp³-hybridized carbons (Fsp3) is 0.667. The smallest absolute Gasteiger partial charge is 0.141 e. The Morgan fingerprint density at radius 2 is 1.67 bits per heavy atom. The fourth-order valence-corrected chi connectivity index (χ4v) is 3.08. The summed E-state index contributed by atoms with van der Waals surface area (Å²) in [6.07, 6.45) is 12.1. The minimum atomic E-state index is 0.193. The van der Waals surface area contributed by atoms with Crippen molar-refractivity contribution in [1.29, 1.82) is 0 Å². The molecular weight excluding hydrogens is 298 g/mol. The van der Waals surface area contributed by atoms with Crippen LogP contribution in [0.1, 0.15) is 78.1 Å². The van der Waals surface area contributed by atoms with Gasteiger partial charge in [-0.25, -0.2) is 0 Å². The molecule has 0 saturated carbocycles. The number of nitrogens with one attached hydrogen (secondary N) is 1. The number of methoxy groups -OCH3 is 1. The van der Waals surface area contributed by atoms with E-state index >= 15 is 0 Å². The Morgan fingerprint density at radius 3 is 2.29 bits per heavy atom. The fourth-order valence-electron chi connectivity index (χ4n) is 3.08. The van der Waals surface area contributed by atoms with E-state index in [1.165, 1.54) is 51.4 Å². The first-order valence-corrected chi connectivity index (χ1v) is 9.56. The molecule has 3 nitrogen and oxygen atoms in total. The van der Waals surface area contributed by atoms with Crippen molar-refractivity contribution in [1.82, 2.24) is 0 Å². The minimum Gasteiger partial charge on any atom is -0.495 e. The van der Waals surface area contributed by atoms with Gasteiger partial charge in [-0.05, 0) is 25.5 Å². The molecule has 1 atom stereocenters. The Labute approximate surface area is 148 Å². The maximum Gasteiger partial charge on any atom is 0.141 e. The Hall–Kier alpha value is -1.51. The van der Waals surface area contributed by atoms with Crippen LogP contribution >= 0.6 is 0 Å². The van der Waals surface area contributed by atoms with Gasteiger partial charge in [0, 0.05) is 12.5 Å². The molecule has 1 aromatic rings. The molecule has 0 unspecified atom stereocenters. The van der Waals surface area contributed by atoms with Crippen molar-refractivity contribution in [2.45, 2.75) is 84.1 Å². The SMILES string of the molecule is CCCCCCCCCC[C@@H](CC(C)=O)Nc1ccccc1OC. The molecular formula is C21H35NO2. The molecule has 0 saturated heterocycles. The third kappa shape index (κ3) is 8.95. The van der Waals surface area contributed by atoms with Crippen LogP contribution in [0.3, 0.4) is 0 Å². The monoisotopic (exact) mass is 333 g/mol. The molecule has 1 aromatic carbocycles. The average molecular weight is 334 g/mol. The van der Waals surface area contributed by atoms with Gasteiger partial charge in [-0.15, -0.1) is 0 Å². The average Bonchev–Trinajstić information content (AvgIpc) is 2.57. The molecule has 3 heteroatoms. The van der Waals surface area contributed by atoms with Crippen LogP contribution < -0.4 is 10.1 Å². The van der Waals surface area contributed by atoms with Gasteiger partial charge < -0.3 is 10.1 Å². The Morgan fingerprint density at radius 1 is 1.04 bits per heavy atom. The second-order valence-corrected chi connectivity index (χ2v) is 6.71. The van der Waals surface area contributed by atoms with Gasteiger partial charge in [-0.2, -0.15) is 0 Å².